The average molecular weight is 335 g/mol. The molecule has 6 heteroatoms. The summed E-state index contributed by atoms with van der Waals surface area (Å²) < 4.78 is 5.08. The van der Waals surface area contributed by atoms with E-state index in [0.717, 1.165) is 31.7 Å². The maximum atomic E-state index is 12.3. The number of methoxy groups -OCH3 is 1. The first-order chi connectivity index (χ1) is 11.5. The van der Waals surface area contributed by atoms with Gasteiger partial charge in [0.05, 0.1) is 20.2 Å². The van der Waals surface area contributed by atoms with Gasteiger partial charge in [0, 0.05) is 18.8 Å². The quantitative estimate of drug-likeness (QED) is 0.712. The molecule has 0 saturated heterocycles. The Bertz CT molecular complexity index is 511. The Morgan fingerprint density at radius 2 is 1.62 bits per heavy atom. The summed E-state index contributed by atoms with van der Waals surface area (Å²) in [5, 5.41) is 2.82. The van der Waals surface area contributed by atoms with Crippen molar-refractivity contribution >= 4 is 17.5 Å². The predicted molar refractivity (Wildman–Crippen MR) is 96.3 cm³/mol. The normalized spacial score (nSPS) is 10.5. The maximum absolute atomic E-state index is 12.3. The van der Waals surface area contributed by atoms with Crippen LogP contribution in [0.5, 0.6) is 5.75 Å². The molecule has 0 fully saturated rings. The van der Waals surface area contributed by atoms with Crippen molar-refractivity contribution < 1.29 is 14.3 Å². The summed E-state index contributed by atoms with van der Waals surface area (Å²) in [5.41, 5.74) is 0.708. The summed E-state index contributed by atoms with van der Waals surface area (Å²) in [4.78, 5) is 27.9. The molecular weight excluding hydrogens is 306 g/mol. The lowest BCUT2D eigenvalue weighted by Crippen LogP contribution is -2.42. The summed E-state index contributed by atoms with van der Waals surface area (Å²) >= 11 is 0. The van der Waals surface area contributed by atoms with Gasteiger partial charge in [0.25, 0.3) is 0 Å². The highest BCUT2D eigenvalue weighted by Crippen LogP contribution is 2.14. The van der Waals surface area contributed by atoms with Crippen LogP contribution in [0.4, 0.5) is 5.69 Å². The molecule has 6 nitrogen and oxygen atoms in total. The van der Waals surface area contributed by atoms with Gasteiger partial charge in [0.1, 0.15) is 5.75 Å². The fraction of sp³-hybridized carbons (Fsp3) is 0.556. The number of carbonyl (C=O) groups is 2. The molecule has 2 amide bonds. The summed E-state index contributed by atoms with van der Waals surface area (Å²) in [6.45, 7) is 6.06. The van der Waals surface area contributed by atoms with Crippen molar-refractivity contribution in [1.29, 1.82) is 0 Å². The fourth-order valence-electron chi connectivity index (χ4n) is 2.41. The molecule has 0 atom stereocenters. The van der Waals surface area contributed by atoms with E-state index in [4.69, 9.17) is 4.74 Å². The van der Waals surface area contributed by atoms with E-state index in [0.29, 0.717) is 5.69 Å². The SMILES string of the molecule is CCCN(CCC)C(=O)CN(C)CC(=O)Nc1ccc(OC)cc1. The monoisotopic (exact) mass is 335 g/mol. The zero-order valence-corrected chi connectivity index (χ0v) is 15.2. The number of likely N-dealkylation sites (N-methyl/N-ethyl adjacent to an activating group) is 1. The summed E-state index contributed by atoms with van der Waals surface area (Å²) in [5.74, 6) is 0.661. The summed E-state index contributed by atoms with van der Waals surface area (Å²) in [6, 6.07) is 7.14. The lowest BCUT2D eigenvalue weighted by molar-refractivity contribution is -0.132. The van der Waals surface area contributed by atoms with Crippen LogP contribution in [0.3, 0.4) is 0 Å². The number of hydrogen-bond donors (Lipinski definition) is 1. The first kappa shape index (κ1) is 20.0. The smallest absolute Gasteiger partial charge is 0.238 e. The highest BCUT2D eigenvalue weighted by molar-refractivity contribution is 5.92. The number of rotatable bonds is 10. The molecule has 0 bridgehead atoms. The van der Waals surface area contributed by atoms with E-state index < -0.39 is 0 Å². The molecular formula is C18H29N3O3. The topological polar surface area (TPSA) is 61.9 Å². The molecule has 0 unspecified atom stereocenters. The van der Waals surface area contributed by atoms with Crippen molar-refractivity contribution in [2.75, 3.05) is 45.7 Å². The van der Waals surface area contributed by atoms with E-state index in [-0.39, 0.29) is 24.9 Å². The Kier molecular flexibility index (Phi) is 8.86. The number of benzene rings is 1. The number of nitrogens with zero attached hydrogens (tertiary/aromatic N) is 2. The van der Waals surface area contributed by atoms with Crippen LogP contribution in [0, 0.1) is 0 Å². The third kappa shape index (κ3) is 7.00. The molecule has 0 saturated carbocycles. The highest BCUT2D eigenvalue weighted by Gasteiger charge is 2.16. The van der Waals surface area contributed by atoms with Crippen LogP contribution in [-0.2, 0) is 9.59 Å². The van der Waals surface area contributed by atoms with Gasteiger partial charge >= 0.3 is 0 Å². The Morgan fingerprint density at radius 1 is 1.04 bits per heavy atom. The van der Waals surface area contributed by atoms with Crippen molar-refractivity contribution in [3.05, 3.63) is 24.3 Å². The van der Waals surface area contributed by atoms with E-state index in [1.54, 1.807) is 43.3 Å². The number of anilines is 1. The van der Waals surface area contributed by atoms with E-state index in [9.17, 15) is 9.59 Å². The van der Waals surface area contributed by atoms with Crippen molar-refractivity contribution in [1.82, 2.24) is 9.80 Å². The Balaban J connectivity index is 2.46. The van der Waals surface area contributed by atoms with Gasteiger partial charge < -0.3 is 15.0 Å². The van der Waals surface area contributed by atoms with E-state index in [2.05, 4.69) is 19.2 Å². The largest absolute Gasteiger partial charge is 0.497 e. The van der Waals surface area contributed by atoms with Crippen LogP contribution in [0.2, 0.25) is 0 Å². The maximum Gasteiger partial charge on any atom is 0.238 e. The number of nitrogens with one attached hydrogen (secondary N) is 1. The standard InChI is InChI=1S/C18H29N3O3/c1-5-11-21(12-6-2)18(23)14-20(3)13-17(22)19-15-7-9-16(24-4)10-8-15/h7-10H,5-6,11-14H2,1-4H3,(H,19,22). The molecule has 1 N–H and O–H groups in total. The van der Waals surface area contributed by atoms with Crippen molar-refractivity contribution in [2.45, 2.75) is 26.7 Å². The second-order valence-electron chi connectivity index (χ2n) is 5.83. The molecule has 134 valence electrons. The van der Waals surface area contributed by atoms with Crippen molar-refractivity contribution in [3.63, 3.8) is 0 Å². The Hall–Kier alpha value is -2.08. The summed E-state index contributed by atoms with van der Waals surface area (Å²) in [7, 11) is 3.38. The molecule has 0 heterocycles. The van der Waals surface area contributed by atoms with Crippen LogP contribution in [0.15, 0.2) is 24.3 Å². The van der Waals surface area contributed by atoms with E-state index >= 15 is 0 Å². The second-order valence-corrected chi connectivity index (χ2v) is 5.83. The van der Waals surface area contributed by atoms with Crippen LogP contribution >= 0.6 is 0 Å². The number of ether oxygens (including phenoxy) is 1. The molecule has 0 aromatic heterocycles. The molecule has 24 heavy (non-hydrogen) atoms. The van der Waals surface area contributed by atoms with Gasteiger partial charge in [-0.25, -0.2) is 0 Å². The van der Waals surface area contributed by atoms with Gasteiger partial charge in [-0.3, -0.25) is 14.5 Å². The van der Waals surface area contributed by atoms with Gasteiger partial charge in [-0.2, -0.15) is 0 Å². The van der Waals surface area contributed by atoms with Gasteiger partial charge in [-0.05, 0) is 44.2 Å². The first-order valence-corrected chi connectivity index (χ1v) is 8.40. The third-order valence-corrected chi connectivity index (χ3v) is 3.53. The van der Waals surface area contributed by atoms with Crippen LogP contribution < -0.4 is 10.1 Å². The average Bonchev–Trinajstić information content (AvgIpc) is 2.55. The van der Waals surface area contributed by atoms with Gasteiger partial charge in [0.15, 0.2) is 0 Å². The van der Waals surface area contributed by atoms with Crippen LogP contribution in [0.1, 0.15) is 26.7 Å². The molecule has 1 aromatic carbocycles. The molecule has 0 aliphatic heterocycles. The van der Waals surface area contributed by atoms with Gasteiger partial charge in [-0.1, -0.05) is 13.8 Å². The fourth-order valence-corrected chi connectivity index (χ4v) is 2.41. The Labute approximate surface area is 144 Å². The van der Waals surface area contributed by atoms with Crippen molar-refractivity contribution in [3.8, 4) is 5.75 Å². The minimum absolute atomic E-state index is 0.0680. The van der Waals surface area contributed by atoms with Gasteiger partial charge in [0.2, 0.25) is 11.8 Å². The zero-order valence-electron chi connectivity index (χ0n) is 15.2. The Morgan fingerprint density at radius 3 is 2.12 bits per heavy atom. The van der Waals surface area contributed by atoms with Gasteiger partial charge in [-0.15, -0.1) is 0 Å². The van der Waals surface area contributed by atoms with Crippen LogP contribution in [-0.4, -0.2) is 62.0 Å². The summed E-state index contributed by atoms with van der Waals surface area (Å²) in [6.07, 6.45) is 1.88. The molecule has 0 aliphatic rings. The molecule has 0 spiro atoms. The van der Waals surface area contributed by atoms with E-state index in [1.807, 2.05) is 4.90 Å². The van der Waals surface area contributed by atoms with Crippen LogP contribution in [0.25, 0.3) is 0 Å². The zero-order chi connectivity index (χ0) is 17.9. The number of carbonyl (C=O) groups excluding carboxylic acids is 2. The van der Waals surface area contributed by atoms with Crippen molar-refractivity contribution in [2.24, 2.45) is 0 Å². The van der Waals surface area contributed by atoms with E-state index in [1.165, 1.54) is 0 Å². The molecule has 0 aliphatic carbocycles. The third-order valence-electron chi connectivity index (χ3n) is 3.53. The lowest BCUT2D eigenvalue weighted by atomic mass is 10.3. The second kappa shape index (κ2) is 10.6. The first-order valence-electron chi connectivity index (χ1n) is 8.40. The molecule has 1 aromatic rings. The predicted octanol–water partition coefficient (Wildman–Crippen LogP) is 2.21. The number of amides is 2. The minimum Gasteiger partial charge on any atom is -0.497 e. The highest BCUT2D eigenvalue weighted by atomic mass is 16.5. The number of hydrogen-bond acceptors (Lipinski definition) is 4. The minimum atomic E-state index is -0.145. The molecule has 0 radical (unpaired) electrons. The molecule has 1 rings (SSSR count). The lowest BCUT2D eigenvalue weighted by Gasteiger charge is -2.24.